The maximum atomic E-state index is 11.1. The molecule has 0 aliphatic carbocycles. The monoisotopic (exact) mass is 365 g/mol. The van der Waals surface area contributed by atoms with Crippen LogP contribution >= 0.6 is 24.0 Å². The van der Waals surface area contributed by atoms with Crippen LogP contribution in [0.25, 0.3) is 10.9 Å². The topological polar surface area (TPSA) is 84.3 Å². The van der Waals surface area contributed by atoms with Gasteiger partial charge in [0.15, 0.2) is 0 Å². The number of benzene rings is 2. The molecule has 24 heavy (non-hydrogen) atoms. The standard InChI is InChI=1S/C16H12ClN3O3.ClH/c1-23-14-5-3-10(17)7-13(14)20-15-11-4-2-9(16(21)22)6-12(11)18-8-19-15;/h2-8H,1H3,(H,21,22)(H,18,19,20);1H. The van der Waals surface area contributed by atoms with Crippen LogP contribution < -0.4 is 10.1 Å². The zero-order valence-electron chi connectivity index (χ0n) is 12.5. The molecule has 0 unspecified atom stereocenters. The van der Waals surface area contributed by atoms with Gasteiger partial charge in [-0.2, -0.15) is 0 Å². The van der Waals surface area contributed by atoms with E-state index in [1.807, 2.05) is 0 Å². The lowest BCUT2D eigenvalue weighted by atomic mass is 10.1. The lowest BCUT2D eigenvalue weighted by Gasteiger charge is -2.12. The molecule has 8 heteroatoms. The quantitative estimate of drug-likeness (QED) is 0.722. The molecule has 0 amide bonds. The van der Waals surface area contributed by atoms with E-state index in [2.05, 4.69) is 15.3 Å². The van der Waals surface area contributed by atoms with Crippen molar-refractivity contribution in [3.05, 3.63) is 53.3 Å². The molecule has 3 rings (SSSR count). The van der Waals surface area contributed by atoms with E-state index in [4.69, 9.17) is 21.4 Å². The van der Waals surface area contributed by atoms with Crippen molar-refractivity contribution in [3.63, 3.8) is 0 Å². The third kappa shape index (κ3) is 3.50. The molecule has 0 bridgehead atoms. The Morgan fingerprint density at radius 1 is 1.21 bits per heavy atom. The second-order valence-corrected chi connectivity index (χ2v) is 5.17. The van der Waals surface area contributed by atoms with Gasteiger partial charge in [0.25, 0.3) is 0 Å². The fourth-order valence-corrected chi connectivity index (χ4v) is 2.37. The van der Waals surface area contributed by atoms with E-state index in [0.29, 0.717) is 33.2 Å². The van der Waals surface area contributed by atoms with Crippen molar-refractivity contribution in [1.82, 2.24) is 9.97 Å². The van der Waals surface area contributed by atoms with Gasteiger partial charge in [-0.25, -0.2) is 14.8 Å². The number of hydrogen-bond acceptors (Lipinski definition) is 5. The minimum Gasteiger partial charge on any atom is -0.495 e. The average Bonchev–Trinajstić information content (AvgIpc) is 2.55. The predicted molar refractivity (Wildman–Crippen MR) is 95.0 cm³/mol. The molecular formula is C16H13Cl2N3O3. The number of nitrogens with one attached hydrogen (secondary N) is 1. The molecule has 0 spiro atoms. The minimum atomic E-state index is -1.00. The molecule has 0 atom stereocenters. The highest BCUT2D eigenvalue weighted by atomic mass is 35.5. The van der Waals surface area contributed by atoms with Gasteiger partial charge in [-0.05, 0) is 36.4 Å². The molecule has 3 aromatic rings. The fourth-order valence-electron chi connectivity index (χ4n) is 2.20. The van der Waals surface area contributed by atoms with Crippen LogP contribution in [0.2, 0.25) is 5.02 Å². The van der Waals surface area contributed by atoms with Crippen molar-refractivity contribution in [3.8, 4) is 5.75 Å². The van der Waals surface area contributed by atoms with E-state index >= 15 is 0 Å². The Hall–Kier alpha value is -2.57. The van der Waals surface area contributed by atoms with Gasteiger partial charge in [-0.3, -0.25) is 0 Å². The Bertz CT molecular complexity index is 903. The summed E-state index contributed by atoms with van der Waals surface area (Å²) >= 11 is 6.02. The molecule has 0 saturated heterocycles. The number of fused-ring (bicyclic) bond motifs is 1. The first-order chi connectivity index (χ1) is 11.1. The van der Waals surface area contributed by atoms with Crippen LogP contribution in [0.5, 0.6) is 5.75 Å². The van der Waals surface area contributed by atoms with Gasteiger partial charge >= 0.3 is 5.97 Å². The first kappa shape index (κ1) is 17.8. The first-order valence-corrected chi connectivity index (χ1v) is 7.05. The second-order valence-electron chi connectivity index (χ2n) is 4.73. The molecule has 0 aliphatic heterocycles. The van der Waals surface area contributed by atoms with E-state index in [1.54, 1.807) is 31.4 Å². The number of nitrogens with zero attached hydrogens (tertiary/aromatic N) is 2. The minimum absolute atomic E-state index is 0. The predicted octanol–water partition coefficient (Wildman–Crippen LogP) is 4.16. The number of methoxy groups -OCH3 is 1. The Labute approximate surface area is 148 Å². The highest BCUT2D eigenvalue weighted by Crippen LogP contribution is 2.32. The van der Waals surface area contributed by atoms with Crippen LogP contribution in [-0.4, -0.2) is 28.2 Å². The van der Waals surface area contributed by atoms with Crippen LogP contribution in [-0.2, 0) is 0 Å². The van der Waals surface area contributed by atoms with Crippen molar-refractivity contribution in [2.45, 2.75) is 0 Å². The maximum absolute atomic E-state index is 11.1. The van der Waals surface area contributed by atoms with Crippen molar-refractivity contribution in [2.75, 3.05) is 12.4 Å². The molecule has 124 valence electrons. The van der Waals surface area contributed by atoms with Crippen LogP contribution in [0.4, 0.5) is 11.5 Å². The van der Waals surface area contributed by atoms with Gasteiger partial charge in [-0.1, -0.05) is 11.6 Å². The molecule has 1 aromatic heterocycles. The Balaban J connectivity index is 0.00000208. The van der Waals surface area contributed by atoms with Crippen LogP contribution in [0.3, 0.4) is 0 Å². The number of carboxylic acid groups (broad SMARTS) is 1. The Morgan fingerprint density at radius 2 is 2.00 bits per heavy atom. The van der Waals surface area contributed by atoms with Crippen LogP contribution in [0, 0.1) is 0 Å². The third-order valence-electron chi connectivity index (χ3n) is 3.30. The van der Waals surface area contributed by atoms with E-state index in [0.717, 1.165) is 0 Å². The summed E-state index contributed by atoms with van der Waals surface area (Å²) in [6.45, 7) is 0. The number of anilines is 2. The maximum Gasteiger partial charge on any atom is 0.335 e. The summed E-state index contributed by atoms with van der Waals surface area (Å²) in [5.41, 5.74) is 1.35. The number of hydrogen-bond donors (Lipinski definition) is 2. The van der Waals surface area contributed by atoms with Crippen molar-refractivity contribution < 1.29 is 14.6 Å². The molecule has 0 saturated carbocycles. The van der Waals surface area contributed by atoms with Gasteiger partial charge in [0, 0.05) is 10.4 Å². The second kappa shape index (κ2) is 7.33. The highest BCUT2D eigenvalue weighted by molar-refractivity contribution is 6.31. The summed E-state index contributed by atoms with van der Waals surface area (Å²) in [6, 6.07) is 9.87. The van der Waals surface area contributed by atoms with E-state index < -0.39 is 5.97 Å². The molecule has 0 fully saturated rings. The smallest absolute Gasteiger partial charge is 0.335 e. The highest BCUT2D eigenvalue weighted by Gasteiger charge is 2.10. The van der Waals surface area contributed by atoms with Gasteiger partial charge in [0.2, 0.25) is 0 Å². The number of ether oxygens (including phenoxy) is 1. The number of aromatic carboxylic acids is 1. The SMILES string of the molecule is COc1ccc(Cl)cc1Nc1ncnc2cc(C(=O)O)ccc12.Cl. The number of rotatable bonds is 4. The zero-order valence-corrected chi connectivity index (χ0v) is 14.1. The molecule has 2 N–H and O–H groups in total. The molecule has 0 radical (unpaired) electrons. The summed E-state index contributed by atoms with van der Waals surface area (Å²) in [5.74, 6) is 0.146. The number of carbonyl (C=O) groups is 1. The summed E-state index contributed by atoms with van der Waals surface area (Å²) in [6.07, 6.45) is 1.37. The molecule has 6 nitrogen and oxygen atoms in total. The lowest BCUT2D eigenvalue weighted by Crippen LogP contribution is -2.00. The van der Waals surface area contributed by atoms with Crippen molar-refractivity contribution in [2.24, 2.45) is 0 Å². The molecule has 2 aromatic carbocycles. The van der Waals surface area contributed by atoms with E-state index in [1.165, 1.54) is 18.5 Å². The largest absolute Gasteiger partial charge is 0.495 e. The summed E-state index contributed by atoms with van der Waals surface area (Å²) < 4.78 is 5.29. The number of carboxylic acids is 1. The zero-order chi connectivity index (χ0) is 16.4. The van der Waals surface area contributed by atoms with Gasteiger partial charge in [0.1, 0.15) is 17.9 Å². The average molecular weight is 366 g/mol. The summed E-state index contributed by atoms with van der Waals surface area (Å²) in [7, 11) is 1.56. The molecule has 1 heterocycles. The third-order valence-corrected chi connectivity index (χ3v) is 3.53. The van der Waals surface area contributed by atoms with E-state index in [9.17, 15) is 4.79 Å². The van der Waals surface area contributed by atoms with Crippen molar-refractivity contribution >= 4 is 52.4 Å². The van der Waals surface area contributed by atoms with Crippen molar-refractivity contribution in [1.29, 1.82) is 0 Å². The molecular weight excluding hydrogens is 353 g/mol. The van der Waals surface area contributed by atoms with Crippen LogP contribution in [0.15, 0.2) is 42.7 Å². The molecule has 0 aliphatic rings. The van der Waals surface area contributed by atoms with E-state index in [-0.39, 0.29) is 18.0 Å². The normalized spacial score (nSPS) is 10.1. The lowest BCUT2D eigenvalue weighted by molar-refractivity contribution is 0.0697. The summed E-state index contributed by atoms with van der Waals surface area (Å²) in [4.78, 5) is 19.4. The number of halogens is 2. The fraction of sp³-hybridized carbons (Fsp3) is 0.0625. The first-order valence-electron chi connectivity index (χ1n) is 6.67. The summed E-state index contributed by atoms with van der Waals surface area (Å²) in [5, 5.41) is 13.5. The van der Waals surface area contributed by atoms with Crippen LogP contribution in [0.1, 0.15) is 10.4 Å². The van der Waals surface area contributed by atoms with Gasteiger partial charge in [0.05, 0.1) is 23.9 Å². The Morgan fingerprint density at radius 3 is 2.71 bits per heavy atom. The van der Waals surface area contributed by atoms with Gasteiger partial charge in [-0.15, -0.1) is 12.4 Å². The van der Waals surface area contributed by atoms with Gasteiger partial charge < -0.3 is 15.2 Å². The Kier molecular flexibility index (Phi) is 5.43. The number of aromatic nitrogens is 2.